The van der Waals surface area contributed by atoms with Crippen LogP contribution >= 0.6 is 15.9 Å². The van der Waals surface area contributed by atoms with Crippen molar-refractivity contribution in [2.45, 2.75) is 32.2 Å². The third-order valence-electron chi connectivity index (χ3n) is 3.81. The van der Waals surface area contributed by atoms with E-state index in [0.29, 0.717) is 5.92 Å². The van der Waals surface area contributed by atoms with E-state index in [0.717, 1.165) is 30.7 Å². The van der Waals surface area contributed by atoms with E-state index in [2.05, 4.69) is 46.1 Å². The molecule has 112 valence electrons. The van der Waals surface area contributed by atoms with Gasteiger partial charge >= 0.3 is 0 Å². The summed E-state index contributed by atoms with van der Waals surface area (Å²) in [6, 6.07) is 6.75. The van der Waals surface area contributed by atoms with Crippen LogP contribution in [0.3, 0.4) is 0 Å². The molecule has 20 heavy (non-hydrogen) atoms. The fraction of sp³-hybridized carbons (Fsp3) is 0.625. The Morgan fingerprint density at radius 2 is 2.30 bits per heavy atom. The summed E-state index contributed by atoms with van der Waals surface area (Å²) in [6.45, 7) is 4.92. The van der Waals surface area contributed by atoms with Gasteiger partial charge in [-0.05, 0) is 49.8 Å². The summed E-state index contributed by atoms with van der Waals surface area (Å²) in [5.74, 6) is 0.649. The molecule has 2 unspecified atom stereocenters. The van der Waals surface area contributed by atoms with Crippen LogP contribution in [0.4, 0.5) is 5.69 Å². The molecule has 0 radical (unpaired) electrons. The molecule has 0 spiro atoms. The number of halogens is 1. The monoisotopic (exact) mass is 340 g/mol. The van der Waals surface area contributed by atoms with E-state index in [-0.39, 0.29) is 6.04 Å². The minimum atomic E-state index is 0.189. The second-order valence-corrected chi connectivity index (χ2v) is 6.78. The van der Waals surface area contributed by atoms with E-state index in [1.165, 1.54) is 24.1 Å². The van der Waals surface area contributed by atoms with Crippen LogP contribution in [0.25, 0.3) is 0 Å². The molecule has 0 bridgehead atoms. The Hall–Kier alpha value is -0.580. The van der Waals surface area contributed by atoms with E-state index in [4.69, 9.17) is 10.5 Å². The van der Waals surface area contributed by atoms with Gasteiger partial charge in [0.15, 0.2) is 0 Å². The van der Waals surface area contributed by atoms with Crippen LogP contribution in [0.2, 0.25) is 0 Å². The Morgan fingerprint density at radius 1 is 1.50 bits per heavy atom. The number of ether oxygens (including phenoxy) is 1. The highest BCUT2D eigenvalue weighted by Crippen LogP contribution is 2.26. The summed E-state index contributed by atoms with van der Waals surface area (Å²) < 4.78 is 6.71. The molecular formula is C16H25BrN2O. The van der Waals surface area contributed by atoms with Crippen LogP contribution in [0.15, 0.2) is 22.7 Å². The van der Waals surface area contributed by atoms with E-state index in [9.17, 15) is 0 Å². The van der Waals surface area contributed by atoms with Gasteiger partial charge in [0.25, 0.3) is 0 Å². The summed E-state index contributed by atoms with van der Waals surface area (Å²) in [5, 5.41) is 0. The van der Waals surface area contributed by atoms with Crippen molar-refractivity contribution < 1.29 is 4.74 Å². The van der Waals surface area contributed by atoms with E-state index >= 15 is 0 Å². The largest absolute Gasteiger partial charge is 0.381 e. The summed E-state index contributed by atoms with van der Waals surface area (Å²) in [7, 11) is 2.15. The lowest BCUT2D eigenvalue weighted by molar-refractivity contribution is 0.0576. The molecule has 2 N–H and O–H groups in total. The normalized spacial score (nSPS) is 20.7. The van der Waals surface area contributed by atoms with Gasteiger partial charge in [-0.3, -0.25) is 0 Å². The molecule has 1 aliphatic heterocycles. The van der Waals surface area contributed by atoms with Crippen molar-refractivity contribution in [1.29, 1.82) is 0 Å². The van der Waals surface area contributed by atoms with Crippen LogP contribution in [-0.4, -0.2) is 32.8 Å². The third kappa shape index (κ3) is 4.47. The Kier molecular flexibility index (Phi) is 5.87. The number of nitrogens with two attached hydrogens (primary N) is 1. The first-order valence-electron chi connectivity index (χ1n) is 7.39. The average molecular weight is 341 g/mol. The molecule has 4 heteroatoms. The Bertz CT molecular complexity index is 430. The topological polar surface area (TPSA) is 38.5 Å². The Balaban J connectivity index is 1.98. The molecule has 3 nitrogen and oxygen atoms in total. The first-order valence-corrected chi connectivity index (χ1v) is 8.18. The highest BCUT2D eigenvalue weighted by Gasteiger charge is 2.16. The van der Waals surface area contributed by atoms with Crippen LogP contribution in [0, 0.1) is 5.92 Å². The maximum Gasteiger partial charge on any atom is 0.0511 e. The zero-order valence-electron chi connectivity index (χ0n) is 12.4. The fourth-order valence-corrected chi connectivity index (χ4v) is 3.26. The van der Waals surface area contributed by atoms with Gasteiger partial charge in [-0.15, -0.1) is 0 Å². The maximum absolute atomic E-state index is 5.87. The molecule has 1 aromatic carbocycles. The lowest BCUT2D eigenvalue weighted by atomic mass is 10.0. The van der Waals surface area contributed by atoms with Gasteiger partial charge in [0.1, 0.15) is 0 Å². The Morgan fingerprint density at radius 3 is 2.90 bits per heavy atom. The predicted octanol–water partition coefficient (Wildman–Crippen LogP) is 3.20. The highest BCUT2D eigenvalue weighted by atomic mass is 79.9. The lowest BCUT2D eigenvalue weighted by Crippen LogP contribution is -2.30. The minimum Gasteiger partial charge on any atom is -0.381 e. The molecule has 0 amide bonds. The lowest BCUT2D eigenvalue weighted by Gasteiger charge is -2.28. The third-order valence-corrected chi connectivity index (χ3v) is 4.54. The van der Waals surface area contributed by atoms with Crippen LogP contribution in [0.1, 0.15) is 25.3 Å². The predicted molar refractivity (Wildman–Crippen MR) is 88.3 cm³/mol. The molecule has 1 fully saturated rings. The minimum absolute atomic E-state index is 0.189. The second kappa shape index (κ2) is 7.43. The molecule has 0 aromatic heterocycles. The molecule has 1 heterocycles. The number of hydrogen-bond acceptors (Lipinski definition) is 3. The summed E-state index contributed by atoms with van der Waals surface area (Å²) >= 11 is 3.66. The van der Waals surface area contributed by atoms with Crippen molar-refractivity contribution in [2.24, 2.45) is 11.7 Å². The van der Waals surface area contributed by atoms with Gasteiger partial charge < -0.3 is 15.4 Å². The molecule has 0 saturated carbocycles. The molecule has 2 atom stereocenters. The number of rotatable bonds is 5. The number of anilines is 1. The molecule has 0 aliphatic carbocycles. The Labute approximate surface area is 130 Å². The fourth-order valence-electron chi connectivity index (χ4n) is 2.73. The number of hydrogen-bond donors (Lipinski definition) is 1. The van der Waals surface area contributed by atoms with Crippen molar-refractivity contribution in [3.63, 3.8) is 0 Å². The van der Waals surface area contributed by atoms with Crippen molar-refractivity contribution in [3.8, 4) is 0 Å². The van der Waals surface area contributed by atoms with Gasteiger partial charge in [0, 0.05) is 36.4 Å². The molecular weight excluding hydrogens is 316 g/mol. The first-order chi connectivity index (χ1) is 9.56. The maximum atomic E-state index is 5.87. The van der Waals surface area contributed by atoms with Crippen molar-refractivity contribution in [1.82, 2.24) is 0 Å². The zero-order valence-corrected chi connectivity index (χ0v) is 14.0. The zero-order chi connectivity index (χ0) is 14.5. The van der Waals surface area contributed by atoms with Crippen molar-refractivity contribution >= 4 is 21.6 Å². The van der Waals surface area contributed by atoms with Gasteiger partial charge in [-0.1, -0.05) is 22.0 Å². The smallest absolute Gasteiger partial charge is 0.0511 e. The van der Waals surface area contributed by atoms with Crippen LogP contribution < -0.4 is 10.6 Å². The number of nitrogens with zero attached hydrogens (tertiary/aromatic N) is 1. The molecule has 1 saturated heterocycles. The van der Waals surface area contributed by atoms with Gasteiger partial charge in [-0.25, -0.2) is 0 Å². The summed E-state index contributed by atoms with van der Waals surface area (Å²) in [6.07, 6.45) is 3.37. The van der Waals surface area contributed by atoms with E-state index in [1.807, 2.05) is 6.92 Å². The standard InChI is InChI=1S/C16H25BrN2O/c1-12(18)8-14-5-6-15(9-16(14)17)19(2)10-13-4-3-7-20-11-13/h5-6,9,12-13H,3-4,7-8,10-11,18H2,1-2H3. The number of benzene rings is 1. The molecule has 2 rings (SSSR count). The second-order valence-electron chi connectivity index (χ2n) is 5.92. The van der Waals surface area contributed by atoms with Crippen molar-refractivity contribution in [2.75, 3.05) is 31.7 Å². The summed E-state index contributed by atoms with van der Waals surface area (Å²) in [4.78, 5) is 2.32. The molecule has 1 aliphatic rings. The van der Waals surface area contributed by atoms with Gasteiger partial charge in [0.2, 0.25) is 0 Å². The van der Waals surface area contributed by atoms with Gasteiger partial charge in [-0.2, -0.15) is 0 Å². The van der Waals surface area contributed by atoms with Crippen LogP contribution in [-0.2, 0) is 11.2 Å². The summed E-state index contributed by atoms with van der Waals surface area (Å²) in [5.41, 5.74) is 8.39. The quantitative estimate of drug-likeness (QED) is 0.894. The van der Waals surface area contributed by atoms with Crippen molar-refractivity contribution in [3.05, 3.63) is 28.2 Å². The first kappa shape index (κ1) is 15.8. The van der Waals surface area contributed by atoms with Crippen LogP contribution in [0.5, 0.6) is 0 Å². The highest BCUT2D eigenvalue weighted by molar-refractivity contribution is 9.10. The van der Waals surface area contributed by atoms with E-state index < -0.39 is 0 Å². The molecule has 1 aromatic rings. The SMILES string of the molecule is CC(N)Cc1ccc(N(C)CC2CCCOC2)cc1Br. The average Bonchev–Trinajstić information content (AvgIpc) is 2.41. The van der Waals surface area contributed by atoms with E-state index in [1.54, 1.807) is 0 Å². The van der Waals surface area contributed by atoms with Gasteiger partial charge in [0.05, 0.1) is 6.61 Å².